The van der Waals surface area contributed by atoms with E-state index in [2.05, 4.69) is 10.5 Å². The molecule has 0 atom stereocenters. The van der Waals surface area contributed by atoms with Gasteiger partial charge < -0.3 is 4.74 Å². The second kappa shape index (κ2) is 5.29. The quantitative estimate of drug-likeness (QED) is 0.665. The number of nitrogens with zero attached hydrogens (tertiary/aromatic N) is 1. The average Bonchev–Trinajstić information content (AvgIpc) is 2.37. The minimum atomic E-state index is -4.36. The molecule has 0 unspecified atom stereocenters. The largest absolute Gasteiger partial charge is 0.461 e. The number of nitrogens with one attached hydrogen (secondary N) is 1. The van der Waals surface area contributed by atoms with Gasteiger partial charge in [-0.3, -0.25) is 5.43 Å². The van der Waals surface area contributed by atoms with Crippen molar-refractivity contribution < 1.29 is 22.7 Å². The van der Waals surface area contributed by atoms with Crippen LogP contribution in [0.4, 0.5) is 18.9 Å². The summed E-state index contributed by atoms with van der Waals surface area (Å²) in [5, 5.41) is 3.84. The van der Waals surface area contributed by atoms with Crippen molar-refractivity contribution in [2.75, 3.05) is 12.0 Å². The maximum atomic E-state index is 12.3. The van der Waals surface area contributed by atoms with Gasteiger partial charge in [0.05, 0.1) is 17.9 Å². The van der Waals surface area contributed by atoms with Crippen molar-refractivity contribution in [3.8, 4) is 0 Å². The van der Waals surface area contributed by atoms with Crippen molar-refractivity contribution >= 4 is 17.4 Å². The molecule has 1 saturated heterocycles. The van der Waals surface area contributed by atoms with Gasteiger partial charge in [-0.2, -0.15) is 18.3 Å². The molecule has 1 heterocycles. The Balaban J connectivity index is 2.04. The van der Waals surface area contributed by atoms with E-state index >= 15 is 0 Å². The summed E-state index contributed by atoms with van der Waals surface area (Å²) in [5.41, 5.74) is 2.43. The third-order valence-corrected chi connectivity index (χ3v) is 2.56. The zero-order valence-electron chi connectivity index (χ0n) is 9.83. The molecule has 1 aliphatic rings. The summed E-state index contributed by atoms with van der Waals surface area (Å²) in [6.45, 7) is 0.373. The third-order valence-electron chi connectivity index (χ3n) is 2.56. The summed E-state index contributed by atoms with van der Waals surface area (Å²) in [7, 11) is 0. The lowest BCUT2D eigenvalue weighted by atomic mass is 10.2. The Hall–Kier alpha value is -2.05. The lowest BCUT2D eigenvalue weighted by molar-refractivity contribution is -0.138. The smallest absolute Gasteiger partial charge is 0.416 e. The van der Waals surface area contributed by atoms with Gasteiger partial charge >= 0.3 is 12.1 Å². The molecule has 0 radical (unpaired) electrons. The Bertz CT molecular complexity index is 495. The van der Waals surface area contributed by atoms with E-state index < -0.39 is 17.7 Å². The molecule has 1 aromatic rings. The molecular weight excluding hydrogens is 261 g/mol. The number of carbonyl (C=O) groups excluding carboxylic acids is 1. The summed E-state index contributed by atoms with van der Waals surface area (Å²) < 4.78 is 41.8. The van der Waals surface area contributed by atoms with Crippen molar-refractivity contribution in [2.24, 2.45) is 5.10 Å². The van der Waals surface area contributed by atoms with Crippen LogP contribution in [0.1, 0.15) is 18.4 Å². The minimum absolute atomic E-state index is 0.242. The Labute approximate surface area is 107 Å². The Kier molecular flexibility index (Phi) is 3.73. The van der Waals surface area contributed by atoms with Crippen molar-refractivity contribution in [1.29, 1.82) is 0 Å². The van der Waals surface area contributed by atoms with Gasteiger partial charge in [-0.05, 0) is 30.7 Å². The number of carbonyl (C=O) groups is 1. The molecule has 1 aliphatic heterocycles. The normalized spacial score (nSPS) is 18.3. The van der Waals surface area contributed by atoms with Gasteiger partial charge in [0.2, 0.25) is 0 Å². The predicted molar refractivity (Wildman–Crippen MR) is 62.7 cm³/mol. The molecule has 0 aliphatic carbocycles. The molecule has 0 spiro atoms. The Morgan fingerprint density at radius 3 is 2.47 bits per heavy atom. The van der Waals surface area contributed by atoms with E-state index in [1.807, 2.05) is 0 Å². The van der Waals surface area contributed by atoms with Crippen LogP contribution in [0.25, 0.3) is 0 Å². The van der Waals surface area contributed by atoms with Crippen LogP contribution in [0.3, 0.4) is 0 Å². The van der Waals surface area contributed by atoms with Crippen molar-refractivity contribution in [1.82, 2.24) is 0 Å². The molecule has 4 nitrogen and oxygen atoms in total. The topological polar surface area (TPSA) is 50.7 Å². The lowest BCUT2D eigenvalue weighted by Crippen LogP contribution is -2.24. The zero-order chi connectivity index (χ0) is 13.9. The summed E-state index contributed by atoms with van der Waals surface area (Å²) in [4.78, 5) is 11.3. The monoisotopic (exact) mass is 272 g/mol. The van der Waals surface area contributed by atoms with Crippen molar-refractivity contribution in [2.45, 2.75) is 19.0 Å². The third kappa shape index (κ3) is 3.46. The Morgan fingerprint density at radius 2 is 1.89 bits per heavy atom. The molecular formula is C12H11F3N2O2. The first-order valence-corrected chi connectivity index (χ1v) is 5.64. The second-order valence-electron chi connectivity index (χ2n) is 3.98. The van der Waals surface area contributed by atoms with Crippen molar-refractivity contribution in [3.63, 3.8) is 0 Å². The fourth-order valence-corrected chi connectivity index (χ4v) is 1.56. The number of alkyl halides is 3. The van der Waals surface area contributed by atoms with Crippen LogP contribution in [0.2, 0.25) is 0 Å². The number of ether oxygens (including phenoxy) is 1. The van der Waals surface area contributed by atoms with E-state index in [0.29, 0.717) is 25.1 Å². The van der Waals surface area contributed by atoms with E-state index in [9.17, 15) is 18.0 Å². The molecule has 0 saturated carbocycles. The maximum absolute atomic E-state index is 12.3. The van der Waals surface area contributed by atoms with E-state index in [-0.39, 0.29) is 5.71 Å². The maximum Gasteiger partial charge on any atom is 0.416 e. The minimum Gasteiger partial charge on any atom is -0.461 e. The fraction of sp³-hybridized carbons (Fsp3) is 0.333. The molecule has 0 bridgehead atoms. The van der Waals surface area contributed by atoms with E-state index in [1.54, 1.807) is 0 Å². The van der Waals surface area contributed by atoms with Crippen LogP contribution < -0.4 is 5.43 Å². The molecule has 0 aromatic heterocycles. The lowest BCUT2D eigenvalue weighted by Gasteiger charge is -2.13. The van der Waals surface area contributed by atoms with E-state index in [1.165, 1.54) is 12.1 Å². The highest BCUT2D eigenvalue weighted by Gasteiger charge is 2.29. The molecule has 1 fully saturated rings. The summed E-state index contributed by atoms with van der Waals surface area (Å²) >= 11 is 0. The number of hydrogen-bond acceptors (Lipinski definition) is 4. The van der Waals surface area contributed by atoms with E-state index in [0.717, 1.165) is 12.1 Å². The first kappa shape index (κ1) is 13.4. The standard InChI is InChI=1S/C12H11F3N2O2/c13-12(14,15)8-3-5-9(6-4-8)16-17-10-2-1-7-19-11(10)18/h3-6,16H,1-2,7H2. The predicted octanol–water partition coefficient (Wildman–Crippen LogP) is 2.81. The number of benzene rings is 1. The first-order chi connectivity index (χ1) is 8.97. The number of anilines is 1. The van der Waals surface area contributed by atoms with Gasteiger partial charge in [0, 0.05) is 6.42 Å². The fourth-order valence-electron chi connectivity index (χ4n) is 1.56. The van der Waals surface area contributed by atoms with E-state index in [4.69, 9.17) is 4.74 Å². The van der Waals surface area contributed by atoms with Gasteiger partial charge in [-0.25, -0.2) is 4.79 Å². The Morgan fingerprint density at radius 1 is 1.21 bits per heavy atom. The molecule has 1 N–H and O–H groups in total. The number of esters is 1. The molecule has 0 amide bonds. The van der Waals surface area contributed by atoms with Crippen LogP contribution >= 0.6 is 0 Å². The van der Waals surface area contributed by atoms with Gasteiger partial charge in [-0.15, -0.1) is 0 Å². The second-order valence-corrected chi connectivity index (χ2v) is 3.98. The van der Waals surface area contributed by atoms with Crippen LogP contribution in [-0.2, 0) is 15.7 Å². The van der Waals surface area contributed by atoms with Crippen molar-refractivity contribution in [3.05, 3.63) is 29.8 Å². The number of hydrogen-bond donors (Lipinski definition) is 1. The number of hydrazone groups is 1. The summed E-state index contributed by atoms with van der Waals surface area (Å²) in [5.74, 6) is -0.495. The SMILES string of the molecule is O=C1OCCCC1=NNc1ccc(C(F)(F)F)cc1. The number of cyclic esters (lactones) is 1. The molecule has 102 valence electrons. The van der Waals surface area contributed by atoms with Crippen LogP contribution in [0.15, 0.2) is 29.4 Å². The number of halogens is 3. The van der Waals surface area contributed by atoms with Gasteiger partial charge in [-0.1, -0.05) is 0 Å². The highest BCUT2D eigenvalue weighted by Crippen LogP contribution is 2.29. The van der Waals surface area contributed by atoms with Gasteiger partial charge in [0.1, 0.15) is 5.71 Å². The summed E-state index contributed by atoms with van der Waals surface area (Å²) in [6.07, 6.45) is -3.18. The average molecular weight is 272 g/mol. The summed E-state index contributed by atoms with van der Waals surface area (Å²) in [6, 6.07) is 4.39. The molecule has 7 heteroatoms. The van der Waals surface area contributed by atoms with Crippen LogP contribution in [0.5, 0.6) is 0 Å². The van der Waals surface area contributed by atoms with Gasteiger partial charge in [0.25, 0.3) is 0 Å². The van der Waals surface area contributed by atoms with Crippen LogP contribution in [0, 0.1) is 0 Å². The highest BCUT2D eigenvalue weighted by molar-refractivity contribution is 6.36. The van der Waals surface area contributed by atoms with Crippen LogP contribution in [-0.4, -0.2) is 18.3 Å². The molecule has 2 rings (SSSR count). The number of rotatable bonds is 2. The first-order valence-electron chi connectivity index (χ1n) is 5.64. The highest BCUT2D eigenvalue weighted by atomic mass is 19.4. The zero-order valence-corrected chi connectivity index (χ0v) is 9.83. The van der Waals surface area contributed by atoms with Gasteiger partial charge in [0.15, 0.2) is 0 Å². The molecule has 1 aromatic carbocycles. The molecule has 19 heavy (non-hydrogen) atoms.